The highest BCUT2D eigenvalue weighted by Crippen LogP contribution is 2.23. The van der Waals surface area contributed by atoms with Gasteiger partial charge >= 0.3 is 0 Å². The molecule has 0 amide bonds. The number of pyridine rings is 1. The van der Waals surface area contributed by atoms with Crippen LogP contribution in [0, 0.1) is 0 Å². The van der Waals surface area contributed by atoms with E-state index in [4.69, 9.17) is 4.74 Å². The topological polar surface area (TPSA) is 73.1 Å². The zero-order chi connectivity index (χ0) is 19.3. The molecule has 0 radical (unpaired) electrons. The van der Waals surface area contributed by atoms with Crippen LogP contribution in [0.5, 0.6) is 5.75 Å². The Hall–Kier alpha value is -2.90. The second-order valence-electron chi connectivity index (χ2n) is 6.39. The van der Waals surface area contributed by atoms with Crippen molar-refractivity contribution >= 4 is 22.5 Å². The third kappa shape index (κ3) is 4.16. The summed E-state index contributed by atoms with van der Waals surface area (Å²) < 4.78 is 7.67. The van der Waals surface area contributed by atoms with Crippen LogP contribution in [-0.4, -0.2) is 43.3 Å². The summed E-state index contributed by atoms with van der Waals surface area (Å²) in [7, 11) is 1.91. The summed E-state index contributed by atoms with van der Waals surface area (Å²) in [6.45, 7) is 0.223. The first kappa shape index (κ1) is 18.5. The van der Waals surface area contributed by atoms with Crippen molar-refractivity contribution in [3.8, 4) is 17.1 Å². The fourth-order valence-electron chi connectivity index (χ4n) is 2.86. The number of ether oxygens (including phenoxy) is 1. The van der Waals surface area contributed by atoms with Gasteiger partial charge in [0, 0.05) is 30.8 Å². The number of hydrogen-bond donors (Lipinski definition) is 1. The van der Waals surface area contributed by atoms with E-state index < -0.39 is 6.10 Å². The lowest BCUT2D eigenvalue weighted by atomic mass is 10.1. The van der Waals surface area contributed by atoms with Gasteiger partial charge in [0.25, 0.3) is 0 Å². The van der Waals surface area contributed by atoms with Crippen molar-refractivity contribution in [3.05, 3.63) is 67.0 Å². The Balaban J connectivity index is 1.33. The normalized spacial score (nSPS) is 12.2. The maximum Gasteiger partial charge on any atom is 0.191 e. The molecular weight excluding hydrogens is 372 g/mol. The van der Waals surface area contributed by atoms with Crippen molar-refractivity contribution in [1.82, 2.24) is 19.7 Å². The van der Waals surface area contributed by atoms with E-state index in [-0.39, 0.29) is 6.61 Å². The van der Waals surface area contributed by atoms with Crippen LogP contribution in [0.15, 0.2) is 72.1 Å². The molecule has 1 atom stereocenters. The highest BCUT2D eigenvalue weighted by atomic mass is 32.2. The van der Waals surface area contributed by atoms with E-state index in [0.29, 0.717) is 5.75 Å². The van der Waals surface area contributed by atoms with Crippen molar-refractivity contribution < 1.29 is 9.84 Å². The second kappa shape index (κ2) is 8.41. The first-order valence-corrected chi connectivity index (χ1v) is 9.91. The lowest BCUT2D eigenvalue weighted by Crippen LogP contribution is -2.20. The van der Waals surface area contributed by atoms with Gasteiger partial charge in [0.1, 0.15) is 12.4 Å². The summed E-state index contributed by atoms with van der Waals surface area (Å²) in [6.07, 6.45) is 2.84. The molecule has 1 unspecified atom stereocenters. The van der Waals surface area contributed by atoms with Crippen LogP contribution in [-0.2, 0) is 7.05 Å². The van der Waals surface area contributed by atoms with Crippen molar-refractivity contribution in [2.75, 3.05) is 12.4 Å². The Morgan fingerprint density at radius 3 is 2.64 bits per heavy atom. The van der Waals surface area contributed by atoms with Gasteiger partial charge in [-0.2, -0.15) is 0 Å². The van der Waals surface area contributed by atoms with E-state index in [2.05, 4.69) is 21.2 Å². The van der Waals surface area contributed by atoms with Gasteiger partial charge in [-0.05, 0) is 35.0 Å². The van der Waals surface area contributed by atoms with Crippen LogP contribution in [0.25, 0.3) is 22.2 Å². The number of aliphatic hydroxyl groups excluding tert-OH is 1. The van der Waals surface area contributed by atoms with E-state index in [1.54, 1.807) is 12.4 Å². The first-order chi connectivity index (χ1) is 13.7. The second-order valence-corrected chi connectivity index (χ2v) is 7.37. The summed E-state index contributed by atoms with van der Waals surface area (Å²) in [5.41, 5.74) is 0.956. The standard InChI is InChI=1S/C21H20N4O2S/c1-25-20(16-8-10-22-11-9-16)23-24-21(25)28-14-18(26)13-27-19-7-6-15-4-2-3-5-17(15)12-19/h2-12,18,26H,13-14H2,1H3. The SMILES string of the molecule is Cn1c(SCC(O)COc2ccc3ccccc3c2)nnc1-c1ccncc1. The molecule has 0 aliphatic heterocycles. The Labute approximate surface area is 167 Å². The van der Waals surface area contributed by atoms with Crippen LogP contribution in [0.1, 0.15) is 0 Å². The monoisotopic (exact) mass is 392 g/mol. The summed E-state index contributed by atoms with van der Waals surface area (Å²) in [5.74, 6) is 1.99. The zero-order valence-electron chi connectivity index (χ0n) is 15.4. The molecule has 4 rings (SSSR count). The fraction of sp³-hybridized carbons (Fsp3) is 0.190. The molecule has 7 heteroatoms. The molecule has 1 N–H and O–H groups in total. The predicted octanol–water partition coefficient (Wildman–Crippen LogP) is 3.56. The molecular formula is C21H20N4O2S. The van der Waals surface area contributed by atoms with Gasteiger partial charge in [0.15, 0.2) is 11.0 Å². The van der Waals surface area contributed by atoms with Crippen molar-refractivity contribution in [1.29, 1.82) is 0 Å². The summed E-state index contributed by atoms with van der Waals surface area (Å²) >= 11 is 1.45. The molecule has 0 aliphatic carbocycles. The maximum absolute atomic E-state index is 10.3. The number of benzene rings is 2. The first-order valence-electron chi connectivity index (χ1n) is 8.93. The minimum absolute atomic E-state index is 0.223. The predicted molar refractivity (Wildman–Crippen MR) is 110 cm³/mol. The minimum Gasteiger partial charge on any atom is -0.491 e. The molecule has 4 aromatic rings. The van der Waals surface area contributed by atoms with E-state index >= 15 is 0 Å². The van der Waals surface area contributed by atoms with Crippen LogP contribution < -0.4 is 4.74 Å². The van der Waals surface area contributed by atoms with Crippen LogP contribution in [0.2, 0.25) is 0 Å². The van der Waals surface area contributed by atoms with Gasteiger partial charge in [0.05, 0.1) is 6.10 Å². The molecule has 0 aliphatic rings. The number of rotatable bonds is 7. The Morgan fingerprint density at radius 1 is 1.04 bits per heavy atom. The zero-order valence-corrected chi connectivity index (χ0v) is 16.2. The van der Waals surface area contributed by atoms with Gasteiger partial charge in [0.2, 0.25) is 0 Å². The molecule has 2 aromatic carbocycles. The summed E-state index contributed by atoms with van der Waals surface area (Å²) in [4.78, 5) is 4.02. The minimum atomic E-state index is -0.613. The number of aromatic nitrogens is 4. The average Bonchev–Trinajstić information content (AvgIpc) is 3.11. The lowest BCUT2D eigenvalue weighted by Gasteiger charge is -2.12. The number of thioether (sulfide) groups is 1. The average molecular weight is 392 g/mol. The maximum atomic E-state index is 10.3. The van der Waals surface area contributed by atoms with Gasteiger partial charge in [-0.25, -0.2) is 0 Å². The van der Waals surface area contributed by atoms with E-state index in [1.165, 1.54) is 17.1 Å². The molecule has 0 fully saturated rings. The number of fused-ring (bicyclic) bond motifs is 1. The Morgan fingerprint density at radius 2 is 1.82 bits per heavy atom. The van der Waals surface area contributed by atoms with Gasteiger partial charge in [-0.15, -0.1) is 10.2 Å². The van der Waals surface area contributed by atoms with E-state index in [1.807, 2.05) is 60.1 Å². The van der Waals surface area contributed by atoms with E-state index in [9.17, 15) is 5.11 Å². The summed E-state index contributed by atoms with van der Waals surface area (Å²) in [6, 6.07) is 17.8. The van der Waals surface area contributed by atoms with Crippen molar-refractivity contribution in [2.45, 2.75) is 11.3 Å². The number of nitrogens with zero attached hydrogens (tertiary/aromatic N) is 4. The smallest absolute Gasteiger partial charge is 0.191 e. The molecule has 0 saturated heterocycles. The fourth-order valence-corrected chi connectivity index (χ4v) is 3.68. The molecule has 2 heterocycles. The number of hydrogen-bond acceptors (Lipinski definition) is 6. The Kier molecular flexibility index (Phi) is 5.55. The number of aliphatic hydroxyl groups is 1. The molecule has 0 spiro atoms. The van der Waals surface area contributed by atoms with Gasteiger partial charge in [-0.3, -0.25) is 4.98 Å². The van der Waals surface area contributed by atoms with Crippen molar-refractivity contribution in [2.24, 2.45) is 7.05 Å². The van der Waals surface area contributed by atoms with E-state index in [0.717, 1.165) is 27.7 Å². The van der Waals surface area contributed by atoms with Crippen LogP contribution in [0.4, 0.5) is 0 Å². The van der Waals surface area contributed by atoms with Crippen LogP contribution >= 0.6 is 11.8 Å². The Bertz CT molecular complexity index is 1070. The molecule has 28 heavy (non-hydrogen) atoms. The summed E-state index contributed by atoms with van der Waals surface area (Å²) in [5, 5.41) is 21.8. The third-order valence-electron chi connectivity index (χ3n) is 4.34. The van der Waals surface area contributed by atoms with Gasteiger partial charge in [-0.1, -0.05) is 42.1 Å². The molecule has 2 aromatic heterocycles. The van der Waals surface area contributed by atoms with Gasteiger partial charge < -0.3 is 14.4 Å². The van der Waals surface area contributed by atoms with Crippen LogP contribution in [0.3, 0.4) is 0 Å². The lowest BCUT2D eigenvalue weighted by molar-refractivity contribution is 0.126. The quantitative estimate of drug-likeness (QED) is 0.485. The highest BCUT2D eigenvalue weighted by Gasteiger charge is 2.14. The molecule has 6 nitrogen and oxygen atoms in total. The largest absolute Gasteiger partial charge is 0.491 e. The third-order valence-corrected chi connectivity index (χ3v) is 5.51. The van der Waals surface area contributed by atoms with Crippen molar-refractivity contribution in [3.63, 3.8) is 0 Å². The molecule has 0 bridgehead atoms. The molecule has 142 valence electrons. The molecule has 0 saturated carbocycles. The highest BCUT2D eigenvalue weighted by molar-refractivity contribution is 7.99.